The number of oxazole rings is 1. The molecule has 1 heterocycles. The number of hydrogen-bond donors (Lipinski definition) is 2. The molecule has 8 nitrogen and oxygen atoms in total. The second-order valence-corrected chi connectivity index (χ2v) is 7.97. The van der Waals surface area contributed by atoms with E-state index >= 15 is 0 Å². The Morgan fingerprint density at radius 2 is 1.68 bits per heavy atom. The minimum atomic E-state index is -0.461. The zero-order valence-electron chi connectivity index (χ0n) is 18.1. The summed E-state index contributed by atoms with van der Waals surface area (Å²) >= 11 is 5.86. The van der Waals surface area contributed by atoms with Crippen LogP contribution in [0.25, 0.3) is 11.1 Å². The highest BCUT2D eigenvalue weighted by Crippen LogP contribution is 2.17. The van der Waals surface area contributed by atoms with Crippen LogP contribution >= 0.6 is 11.6 Å². The Kier molecular flexibility index (Phi) is 7.29. The number of nitrogens with one attached hydrogen (secondary N) is 2. The summed E-state index contributed by atoms with van der Waals surface area (Å²) in [5.74, 6) is -0.561. The smallest absolute Gasteiger partial charge is 0.419 e. The van der Waals surface area contributed by atoms with E-state index in [9.17, 15) is 14.4 Å². The van der Waals surface area contributed by atoms with E-state index in [0.29, 0.717) is 47.0 Å². The second-order valence-electron chi connectivity index (χ2n) is 7.53. The third kappa shape index (κ3) is 5.85. The molecule has 0 saturated heterocycles. The predicted molar refractivity (Wildman–Crippen MR) is 128 cm³/mol. The van der Waals surface area contributed by atoms with Gasteiger partial charge in [-0.2, -0.15) is 0 Å². The van der Waals surface area contributed by atoms with Gasteiger partial charge in [-0.25, -0.2) is 4.79 Å². The van der Waals surface area contributed by atoms with Crippen LogP contribution in [0.5, 0.6) is 5.75 Å². The molecule has 0 atom stereocenters. The minimum absolute atomic E-state index is 0.132. The molecule has 4 aromatic rings. The van der Waals surface area contributed by atoms with Gasteiger partial charge in [-0.05, 0) is 60.5 Å². The lowest BCUT2D eigenvalue weighted by Crippen LogP contribution is -2.41. The molecule has 0 radical (unpaired) electrons. The number of carbonyl (C=O) groups excluding carboxylic acids is 2. The number of aryl methyl sites for hydroxylation is 1. The van der Waals surface area contributed by atoms with Crippen molar-refractivity contribution in [2.45, 2.75) is 26.0 Å². The molecule has 1 aromatic heterocycles. The molecule has 174 valence electrons. The molecule has 2 N–H and O–H groups in total. The Hall–Kier alpha value is -4.04. The fraction of sp³-hybridized carbons (Fsp3) is 0.160. The molecule has 34 heavy (non-hydrogen) atoms. The van der Waals surface area contributed by atoms with E-state index in [0.717, 1.165) is 5.56 Å². The first-order valence-corrected chi connectivity index (χ1v) is 11.0. The average Bonchev–Trinajstić information content (AvgIpc) is 3.17. The van der Waals surface area contributed by atoms with Gasteiger partial charge in [-0.1, -0.05) is 35.9 Å². The monoisotopic (exact) mass is 479 g/mol. The van der Waals surface area contributed by atoms with Gasteiger partial charge in [-0.15, -0.1) is 0 Å². The van der Waals surface area contributed by atoms with Crippen LogP contribution in [-0.2, 0) is 17.9 Å². The Balaban J connectivity index is 1.20. The van der Waals surface area contributed by atoms with Crippen LogP contribution < -0.4 is 21.3 Å². The number of carbonyl (C=O) groups is 2. The maximum absolute atomic E-state index is 12.3. The van der Waals surface area contributed by atoms with Crippen molar-refractivity contribution in [3.05, 3.63) is 99.5 Å². The summed E-state index contributed by atoms with van der Waals surface area (Å²) in [4.78, 5) is 36.3. The third-order valence-electron chi connectivity index (χ3n) is 5.11. The Morgan fingerprint density at radius 3 is 2.44 bits per heavy atom. The fourth-order valence-electron chi connectivity index (χ4n) is 3.33. The highest BCUT2D eigenvalue weighted by atomic mass is 35.5. The third-order valence-corrected chi connectivity index (χ3v) is 5.36. The number of halogens is 1. The minimum Gasteiger partial charge on any atom is -0.489 e. The number of hydrogen-bond acceptors (Lipinski definition) is 5. The molecule has 0 aliphatic carbocycles. The fourth-order valence-corrected chi connectivity index (χ4v) is 3.46. The number of nitrogens with zero attached hydrogens (tertiary/aromatic N) is 1. The SMILES string of the molecule is O=C(CCCn1c(=O)oc2ccccc21)NNC(=O)c1ccc(COc2ccc(Cl)cc2)cc1. The van der Waals surface area contributed by atoms with Crippen molar-refractivity contribution in [2.75, 3.05) is 0 Å². The zero-order valence-corrected chi connectivity index (χ0v) is 18.9. The second kappa shape index (κ2) is 10.7. The normalized spacial score (nSPS) is 10.7. The molecule has 0 aliphatic heterocycles. The van der Waals surface area contributed by atoms with E-state index in [2.05, 4.69) is 10.9 Å². The van der Waals surface area contributed by atoms with Crippen LogP contribution in [0.1, 0.15) is 28.8 Å². The van der Waals surface area contributed by atoms with Gasteiger partial charge in [0.15, 0.2) is 5.58 Å². The summed E-state index contributed by atoms with van der Waals surface area (Å²) < 4.78 is 12.3. The number of aromatic nitrogens is 1. The van der Waals surface area contributed by atoms with Crippen LogP contribution in [0, 0.1) is 0 Å². The zero-order chi connectivity index (χ0) is 23.9. The quantitative estimate of drug-likeness (QED) is 0.371. The molecule has 0 aliphatic rings. The average molecular weight is 480 g/mol. The summed E-state index contributed by atoms with van der Waals surface area (Å²) in [6.07, 6.45) is 0.542. The van der Waals surface area contributed by atoms with Gasteiger partial charge in [0.1, 0.15) is 12.4 Å². The number of amides is 2. The van der Waals surface area contributed by atoms with Crippen LogP contribution in [0.3, 0.4) is 0 Å². The number of ether oxygens (including phenoxy) is 1. The van der Waals surface area contributed by atoms with Crippen molar-refractivity contribution < 1.29 is 18.7 Å². The van der Waals surface area contributed by atoms with Crippen molar-refractivity contribution in [1.82, 2.24) is 15.4 Å². The standard InChI is InChI=1S/C25H22ClN3O5/c26-19-11-13-20(14-12-19)33-16-17-7-9-18(10-8-17)24(31)28-27-23(30)6-3-15-29-21-4-1-2-5-22(21)34-25(29)32/h1-2,4-5,7-14H,3,6,15-16H2,(H,27,30)(H,28,31). The lowest BCUT2D eigenvalue weighted by Gasteiger charge is -2.09. The summed E-state index contributed by atoms with van der Waals surface area (Å²) in [6.45, 7) is 0.673. The molecular formula is C25H22ClN3O5. The molecule has 0 bridgehead atoms. The van der Waals surface area contributed by atoms with E-state index in [1.165, 1.54) is 4.57 Å². The van der Waals surface area contributed by atoms with E-state index < -0.39 is 11.7 Å². The number of hydrazine groups is 1. The first-order chi connectivity index (χ1) is 16.5. The molecule has 0 fully saturated rings. The number of benzene rings is 3. The maximum atomic E-state index is 12.3. The van der Waals surface area contributed by atoms with Gasteiger partial charge in [0.25, 0.3) is 5.91 Å². The molecule has 3 aromatic carbocycles. The summed E-state index contributed by atoms with van der Waals surface area (Å²) in [6, 6.07) is 21.0. The molecule has 4 rings (SSSR count). The van der Waals surface area contributed by atoms with Crippen LogP contribution in [0.4, 0.5) is 0 Å². The number of para-hydroxylation sites is 2. The maximum Gasteiger partial charge on any atom is 0.419 e. The Labute approximate surface area is 200 Å². The molecule has 2 amide bonds. The molecule has 9 heteroatoms. The van der Waals surface area contributed by atoms with Crippen LogP contribution in [-0.4, -0.2) is 16.4 Å². The largest absolute Gasteiger partial charge is 0.489 e. The highest BCUT2D eigenvalue weighted by molar-refractivity contribution is 6.30. The Bertz CT molecular complexity index is 1340. The van der Waals surface area contributed by atoms with Gasteiger partial charge in [-0.3, -0.25) is 25.0 Å². The van der Waals surface area contributed by atoms with Crippen molar-refractivity contribution in [1.29, 1.82) is 0 Å². The van der Waals surface area contributed by atoms with Crippen LogP contribution in [0.2, 0.25) is 5.02 Å². The van der Waals surface area contributed by atoms with Gasteiger partial charge >= 0.3 is 5.76 Å². The number of rotatable bonds is 8. The Morgan fingerprint density at radius 1 is 0.941 bits per heavy atom. The molecule has 0 unspecified atom stereocenters. The van der Waals surface area contributed by atoms with Crippen molar-refractivity contribution in [3.63, 3.8) is 0 Å². The van der Waals surface area contributed by atoms with E-state index in [4.69, 9.17) is 20.8 Å². The molecular weight excluding hydrogens is 458 g/mol. The predicted octanol–water partition coefficient (Wildman–Crippen LogP) is 4.07. The molecule has 0 saturated carbocycles. The van der Waals surface area contributed by atoms with Gasteiger partial charge in [0.05, 0.1) is 5.52 Å². The van der Waals surface area contributed by atoms with E-state index in [-0.39, 0.29) is 12.3 Å². The van der Waals surface area contributed by atoms with E-state index in [1.54, 1.807) is 66.7 Å². The lowest BCUT2D eigenvalue weighted by atomic mass is 10.1. The number of fused-ring (bicyclic) bond motifs is 1. The van der Waals surface area contributed by atoms with E-state index in [1.807, 2.05) is 6.07 Å². The van der Waals surface area contributed by atoms with Crippen LogP contribution in [0.15, 0.2) is 82.0 Å². The molecule has 0 spiro atoms. The van der Waals surface area contributed by atoms with Gasteiger partial charge in [0, 0.05) is 23.6 Å². The lowest BCUT2D eigenvalue weighted by molar-refractivity contribution is -0.122. The van der Waals surface area contributed by atoms with Crippen molar-refractivity contribution >= 4 is 34.5 Å². The van der Waals surface area contributed by atoms with Gasteiger partial charge in [0.2, 0.25) is 5.91 Å². The first kappa shape index (κ1) is 23.1. The highest BCUT2D eigenvalue weighted by Gasteiger charge is 2.11. The topological polar surface area (TPSA) is 103 Å². The summed E-state index contributed by atoms with van der Waals surface area (Å²) in [5.41, 5.74) is 7.26. The summed E-state index contributed by atoms with van der Waals surface area (Å²) in [5, 5.41) is 0.636. The first-order valence-electron chi connectivity index (χ1n) is 10.6. The van der Waals surface area contributed by atoms with Crippen molar-refractivity contribution in [3.8, 4) is 5.75 Å². The summed E-state index contributed by atoms with van der Waals surface area (Å²) in [7, 11) is 0. The van der Waals surface area contributed by atoms with Crippen molar-refractivity contribution in [2.24, 2.45) is 0 Å². The van der Waals surface area contributed by atoms with Gasteiger partial charge < -0.3 is 9.15 Å².